The molecule has 2 atom stereocenters. The lowest BCUT2D eigenvalue weighted by atomic mass is 9.86. The van der Waals surface area contributed by atoms with Gasteiger partial charge >= 0.3 is 0 Å². The summed E-state index contributed by atoms with van der Waals surface area (Å²) in [6.45, 7) is 5.10. The van der Waals surface area contributed by atoms with Gasteiger partial charge in [0.25, 0.3) is 5.91 Å². The van der Waals surface area contributed by atoms with Crippen LogP contribution in [0.5, 0.6) is 0 Å². The topological polar surface area (TPSA) is 41.1 Å². The lowest BCUT2D eigenvalue weighted by molar-refractivity contribution is 0.0953. The molecule has 20 heavy (non-hydrogen) atoms. The van der Waals surface area contributed by atoms with Crippen molar-refractivity contribution in [1.29, 1.82) is 0 Å². The first-order chi connectivity index (χ1) is 9.70. The number of nitrogens with one attached hydrogen (secondary N) is 2. The highest BCUT2D eigenvalue weighted by molar-refractivity contribution is 5.95. The second-order valence-corrected chi connectivity index (χ2v) is 5.85. The number of rotatable bonds is 5. The smallest absolute Gasteiger partial charge is 0.251 e. The molecule has 1 aliphatic carbocycles. The quantitative estimate of drug-likeness (QED) is 0.857. The van der Waals surface area contributed by atoms with Crippen LogP contribution in [0.25, 0.3) is 0 Å². The number of anilines is 1. The highest BCUT2D eigenvalue weighted by atomic mass is 16.1. The first-order valence-corrected chi connectivity index (χ1v) is 7.85. The van der Waals surface area contributed by atoms with Crippen LogP contribution in [0.4, 0.5) is 5.69 Å². The Kier molecular flexibility index (Phi) is 5.45. The van der Waals surface area contributed by atoms with Crippen LogP contribution < -0.4 is 10.6 Å². The SMILES string of the molecule is CCCNC(=O)c1cccc(NC2CCCCC2C)c1. The van der Waals surface area contributed by atoms with Crippen molar-refractivity contribution in [3.63, 3.8) is 0 Å². The number of hydrogen-bond acceptors (Lipinski definition) is 2. The largest absolute Gasteiger partial charge is 0.382 e. The first-order valence-electron chi connectivity index (χ1n) is 7.85. The fourth-order valence-corrected chi connectivity index (χ4v) is 2.84. The fourth-order valence-electron chi connectivity index (χ4n) is 2.84. The van der Waals surface area contributed by atoms with Crippen LogP contribution in [-0.4, -0.2) is 18.5 Å². The summed E-state index contributed by atoms with van der Waals surface area (Å²) in [4.78, 5) is 12.0. The van der Waals surface area contributed by atoms with Crippen LogP contribution in [0.1, 0.15) is 56.3 Å². The van der Waals surface area contributed by atoms with Crippen molar-refractivity contribution in [1.82, 2.24) is 5.32 Å². The van der Waals surface area contributed by atoms with Crippen molar-refractivity contribution in [2.75, 3.05) is 11.9 Å². The molecule has 3 heteroatoms. The molecule has 0 heterocycles. The van der Waals surface area contributed by atoms with Gasteiger partial charge in [0.15, 0.2) is 0 Å². The second kappa shape index (κ2) is 7.32. The zero-order valence-corrected chi connectivity index (χ0v) is 12.6. The van der Waals surface area contributed by atoms with E-state index in [0.29, 0.717) is 12.0 Å². The normalized spacial score (nSPS) is 22.3. The van der Waals surface area contributed by atoms with E-state index in [0.717, 1.165) is 24.2 Å². The van der Waals surface area contributed by atoms with Gasteiger partial charge in [-0.2, -0.15) is 0 Å². The van der Waals surface area contributed by atoms with E-state index in [9.17, 15) is 4.79 Å². The van der Waals surface area contributed by atoms with Gasteiger partial charge in [0, 0.05) is 23.8 Å². The number of amides is 1. The van der Waals surface area contributed by atoms with E-state index >= 15 is 0 Å². The summed E-state index contributed by atoms with van der Waals surface area (Å²) < 4.78 is 0. The average molecular weight is 274 g/mol. The Morgan fingerprint density at radius 1 is 1.30 bits per heavy atom. The van der Waals surface area contributed by atoms with E-state index in [1.165, 1.54) is 25.7 Å². The van der Waals surface area contributed by atoms with Crippen LogP contribution in [-0.2, 0) is 0 Å². The maximum atomic E-state index is 12.0. The minimum atomic E-state index is 0.0205. The molecular formula is C17H26N2O. The molecule has 0 aliphatic heterocycles. The minimum Gasteiger partial charge on any atom is -0.382 e. The van der Waals surface area contributed by atoms with E-state index in [1.807, 2.05) is 18.2 Å². The Labute approximate surface area is 122 Å². The molecule has 1 fully saturated rings. The molecule has 3 nitrogen and oxygen atoms in total. The van der Waals surface area contributed by atoms with Crippen LogP contribution in [0, 0.1) is 5.92 Å². The van der Waals surface area contributed by atoms with Gasteiger partial charge in [0.2, 0.25) is 0 Å². The standard InChI is InChI=1S/C17H26N2O/c1-3-11-18-17(20)14-8-6-9-15(12-14)19-16-10-5-4-7-13(16)2/h6,8-9,12-13,16,19H,3-5,7,10-11H2,1-2H3,(H,18,20). The molecule has 1 aromatic rings. The monoisotopic (exact) mass is 274 g/mol. The fraction of sp³-hybridized carbons (Fsp3) is 0.588. The Balaban J connectivity index is 2.00. The Hall–Kier alpha value is -1.51. The molecule has 1 amide bonds. The molecule has 0 spiro atoms. The maximum absolute atomic E-state index is 12.0. The molecular weight excluding hydrogens is 248 g/mol. The molecule has 2 N–H and O–H groups in total. The lowest BCUT2D eigenvalue weighted by Gasteiger charge is -2.30. The molecule has 1 saturated carbocycles. The van der Waals surface area contributed by atoms with Crippen molar-refractivity contribution in [2.24, 2.45) is 5.92 Å². The molecule has 2 unspecified atom stereocenters. The molecule has 0 bridgehead atoms. The number of hydrogen-bond donors (Lipinski definition) is 2. The minimum absolute atomic E-state index is 0.0205. The third-order valence-electron chi connectivity index (χ3n) is 4.12. The van der Waals surface area contributed by atoms with Gasteiger partial charge in [-0.05, 0) is 43.4 Å². The van der Waals surface area contributed by atoms with E-state index in [4.69, 9.17) is 0 Å². The third-order valence-corrected chi connectivity index (χ3v) is 4.12. The second-order valence-electron chi connectivity index (χ2n) is 5.85. The van der Waals surface area contributed by atoms with Gasteiger partial charge in [-0.25, -0.2) is 0 Å². The lowest BCUT2D eigenvalue weighted by Crippen LogP contribution is -2.30. The van der Waals surface area contributed by atoms with Crippen molar-refractivity contribution >= 4 is 11.6 Å². The van der Waals surface area contributed by atoms with Crippen molar-refractivity contribution < 1.29 is 4.79 Å². The maximum Gasteiger partial charge on any atom is 0.251 e. The van der Waals surface area contributed by atoms with E-state index in [1.54, 1.807) is 0 Å². The van der Waals surface area contributed by atoms with Crippen LogP contribution in [0.15, 0.2) is 24.3 Å². The van der Waals surface area contributed by atoms with Crippen LogP contribution in [0.3, 0.4) is 0 Å². The van der Waals surface area contributed by atoms with Gasteiger partial charge in [-0.15, -0.1) is 0 Å². The summed E-state index contributed by atoms with van der Waals surface area (Å²) in [7, 11) is 0. The van der Waals surface area contributed by atoms with Crippen molar-refractivity contribution in [3.05, 3.63) is 29.8 Å². The van der Waals surface area contributed by atoms with Gasteiger partial charge in [0.05, 0.1) is 0 Å². The third kappa shape index (κ3) is 3.99. The number of benzene rings is 1. The molecule has 2 rings (SSSR count). The predicted octanol–water partition coefficient (Wildman–Crippen LogP) is 3.82. The Morgan fingerprint density at radius 3 is 2.85 bits per heavy atom. The summed E-state index contributed by atoms with van der Waals surface area (Å²) in [6, 6.07) is 8.39. The Bertz CT molecular complexity index is 444. The van der Waals surface area contributed by atoms with Crippen molar-refractivity contribution in [3.8, 4) is 0 Å². The molecule has 0 aromatic heterocycles. The molecule has 1 aromatic carbocycles. The average Bonchev–Trinajstić information content (AvgIpc) is 2.47. The van der Waals surface area contributed by atoms with Crippen molar-refractivity contribution in [2.45, 2.75) is 52.0 Å². The highest BCUT2D eigenvalue weighted by Gasteiger charge is 2.21. The Morgan fingerprint density at radius 2 is 2.10 bits per heavy atom. The highest BCUT2D eigenvalue weighted by Crippen LogP contribution is 2.27. The zero-order chi connectivity index (χ0) is 14.4. The number of carbonyl (C=O) groups is 1. The summed E-state index contributed by atoms with van der Waals surface area (Å²) in [5.41, 5.74) is 1.81. The van der Waals surface area contributed by atoms with Gasteiger partial charge in [-0.3, -0.25) is 4.79 Å². The van der Waals surface area contributed by atoms with Gasteiger partial charge in [-0.1, -0.05) is 32.8 Å². The summed E-state index contributed by atoms with van der Waals surface area (Å²) in [6.07, 6.45) is 6.14. The first kappa shape index (κ1) is 14.9. The predicted molar refractivity (Wildman–Crippen MR) is 84.1 cm³/mol. The van der Waals surface area contributed by atoms with Crippen LogP contribution >= 0.6 is 0 Å². The van der Waals surface area contributed by atoms with Crippen LogP contribution in [0.2, 0.25) is 0 Å². The van der Waals surface area contributed by atoms with E-state index in [2.05, 4.69) is 30.5 Å². The summed E-state index contributed by atoms with van der Waals surface area (Å²) in [5, 5.41) is 6.52. The molecule has 0 saturated heterocycles. The molecule has 110 valence electrons. The molecule has 0 radical (unpaired) electrons. The summed E-state index contributed by atoms with van der Waals surface area (Å²) in [5.74, 6) is 0.730. The van der Waals surface area contributed by atoms with E-state index < -0.39 is 0 Å². The number of carbonyl (C=O) groups excluding carboxylic acids is 1. The van der Waals surface area contributed by atoms with E-state index in [-0.39, 0.29) is 5.91 Å². The molecule has 1 aliphatic rings. The van der Waals surface area contributed by atoms with Gasteiger partial charge < -0.3 is 10.6 Å². The zero-order valence-electron chi connectivity index (χ0n) is 12.6. The summed E-state index contributed by atoms with van der Waals surface area (Å²) >= 11 is 0. The van der Waals surface area contributed by atoms with Gasteiger partial charge in [0.1, 0.15) is 0 Å².